The largest absolute Gasteiger partial charge is 0.484 e. The first-order chi connectivity index (χ1) is 10.7. The molecule has 0 aliphatic carbocycles. The smallest absolute Gasteiger partial charge is 0.322 e. The quantitative estimate of drug-likeness (QED) is 0.779. The first kappa shape index (κ1) is 13.9. The zero-order valence-corrected chi connectivity index (χ0v) is 11.8. The van der Waals surface area contributed by atoms with E-state index < -0.39 is 5.91 Å². The van der Waals surface area contributed by atoms with E-state index in [4.69, 9.17) is 13.6 Å². The van der Waals surface area contributed by atoms with Crippen LogP contribution in [0.5, 0.6) is 5.75 Å². The lowest BCUT2D eigenvalue weighted by Gasteiger charge is -2.05. The summed E-state index contributed by atoms with van der Waals surface area (Å²) in [6.07, 6.45) is 1.49. The lowest BCUT2D eigenvalue weighted by Crippen LogP contribution is -2.20. The maximum Gasteiger partial charge on any atom is 0.322 e. The number of anilines is 1. The van der Waals surface area contributed by atoms with Gasteiger partial charge in [0, 0.05) is 0 Å². The van der Waals surface area contributed by atoms with Crippen LogP contribution in [0.3, 0.4) is 0 Å². The Bertz CT molecular complexity index is 765. The number of carbonyl (C=O) groups is 1. The highest BCUT2D eigenvalue weighted by molar-refractivity contribution is 5.89. The van der Waals surface area contributed by atoms with Crippen LogP contribution in [0.4, 0.5) is 6.01 Å². The van der Waals surface area contributed by atoms with Gasteiger partial charge in [0.1, 0.15) is 5.75 Å². The standard InChI is InChI=1S/C15H13N3O4/c1-10-4-2-5-11(8-10)21-9-13(19)16-15-18-17-14(22-15)12-6-3-7-20-12/h2-8H,9H2,1H3,(H,16,18,19). The number of hydrogen-bond donors (Lipinski definition) is 1. The van der Waals surface area contributed by atoms with Gasteiger partial charge in [-0.25, -0.2) is 0 Å². The van der Waals surface area contributed by atoms with Gasteiger partial charge in [0.25, 0.3) is 11.8 Å². The van der Waals surface area contributed by atoms with E-state index in [9.17, 15) is 4.79 Å². The van der Waals surface area contributed by atoms with Crippen molar-refractivity contribution >= 4 is 11.9 Å². The normalized spacial score (nSPS) is 10.4. The average molecular weight is 299 g/mol. The molecule has 1 amide bonds. The number of carbonyl (C=O) groups excluding carboxylic acids is 1. The van der Waals surface area contributed by atoms with Crippen molar-refractivity contribution < 1.29 is 18.4 Å². The van der Waals surface area contributed by atoms with Crippen molar-refractivity contribution in [3.8, 4) is 17.4 Å². The third-order valence-corrected chi connectivity index (χ3v) is 2.76. The van der Waals surface area contributed by atoms with E-state index in [1.165, 1.54) is 6.26 Å². The molecule has 7 nitrogen and oxygen atoms in total. The minimum atomic E-state index is -0.392. The van der Waals surface area contributed by atoms with Crippen molar-refractivity contribution in [2.45, 2.75) is 6.92 Å². The Morgan fingerprint density at radius 3 is 2.95 bits per heavy atom. The summed E-state index contributed by atoms with van der Waals surface area (Å²) in [5.41, 5.74) is 1.05. The predicted molar refractivity (Wildman–Crippen MR) is 77.3 cm³/mol. The van der Waals surface area contributed by atoms with Crippen LogP contribution < -0.4 is 10.1 Å². The molecule has 0 fully saturated rings. The molecule has 3 aromatic rings. The number of benzene rings is 1. The molecule has 0 unspecified atom stereocenters. The molecule has 2 aromatic heterocycles. The van der Waals surface area contributed by atoms with Gasteiger partial charge in [-0.15, -0.1) is 5.10 Å². The van der Waals surface area contributed by atoms with Crippen LogP contribution in [0.25, 0.3) is 11.7 Å². The highest BCUT2D eigenvalue weighted by Gasteiger charge is 2.13. The molecule has 1 N–H and O–H groups in total. The van der Waals surface area contributed by atoms with Gasteiger partial charge in [0.2, 0.25) is 0 Å². The predicted octanol–water partition coefficient (Wildman–Crippen LogP) is 2.66. The molecule has 0 spiro atoms. The molecule has 0 atom stereocenters. The maximum atomic E-state index is 11.8. The Labute approximate surface area is 125 Å². The SMILES string of the molecule is Cc1cccc(OCC(=O)Nc2nnc(-c3ccco3)o2)c1. The number of nitrogens with zero attached hydrogens (tertiary/aromatic N) is 2. The number of furan rings is 1. The number of aromatic nitrogens is 2. The van der Waals surface area contributed by atoms with Crippen LogP contribution >= 0.6 is 0 Å². The van der Waals surface area contributed by atoms with Crippen molar-refractivity contribution in [2.24, 2.45) is 0 Å². The zero-order valence-electron chi connectivity index (χ0n) is 11.8. The molecule has 22 heavy (non-hydrogen) atoms. The van der Waals surface area contributed by atoms with Crippen molar-refractivity contribution in [1.29, 1.82) is 0 Å². The van der Waals surface area contributed by atoms with Crippen LogP contribution in [0, 0.1) is 6.92 Å². The molecule has 112 valence electrons. The lowest BCUT2D eigenvalue weighted by atomic mass is 10.2. The van der Waals surface area contributed by atoms with Gasteiger partial charge in [0.15, 0.2) is 12.4 Å². The second-order valence-electron chi connectivity index (χ2n) is 4.54. The van der Waals surface area contributed by atoms with Gasteiger partial charge in [-0.2, -0.15) is 0 Å². The Morgan fingerprint density at radius 2 is 2.18 bits per heavy atom. The fourth-order valence-corrected chi connectivity index (χ4v) is 1.78. The van der Waals surface area contributed by atoms with Gasteiger partial charge in [0.05, 0.1) is 6.26 Å². The van der Waals surface area contributed by atoms with Crippen LogP contribution in [0.15, 0.2) is 51.5 Å². The van der Waals surface area contributed by atoms with Crippen LogP contribution in [0.1, 0.15) is 5.56 Å². The molecule has 0 aliphatic rings. The second kappa shape index (κ2) is 6.13. The Hall–Kier alpha value is -3.09. The van der Waals surface area contributed by atoms with E-state index in [-0.39, 0.29) is 18.5 Å². The number of amides is 1. The Kier molecular flexibility index (Phi) is 3.86. The summed E-state index contributed by atoms with van der Waals surface area (Å²) in [4.78, 5) is 11.8. The average Bonchev–Trinajstić information content (AvgIpc) is 3.16. The molecular weight excluding hydrogens is 286 g/mol. The summed E-state index contributed by atoms with van der Waals surface area (Å²) in [6.45, 7) is 1.80. The highest BCUT2D eigenvalue weighted by atomic mass is 16.5. The number of aryl methyl sites for hydroxylation is 1. The summed E-state index contributed by atoms with van der Waals surface area (Å²) >= 11 is 0. The fraction of sp³-hybridized carbons (Fsp3) is 0.133. The second-order valence-corrected chi connectivity index (χ2v) is 4.54. The van der Waals surface area contributed by atoms with Gasteiger partial charge >= 0.3 is 6.01 Å². The van der Waals surface area contributed by atoms with Gasteiger partial charge < -0.3 is 13.6 Å². The van der Waals surface area contributed by atoms with Crippen molar-refractivity contribution in [2.75, 3.05) is 11.9 Å². The molecule has 0 bridgehead atoms. The van der Waals surface area contributed by atoms with E-state index in [0.717, 1.165) is 5.56 Å². The monoisotopic (exact) mass is 299 g/mol. The summed E-state index contributed by atoms with van der Waals surface area (Å²) in [7, 11) is 0. The maximum absolute atomic E-state index is 11.8. The van der Waals surface area contributed by atoms with Crippen LogP contribution in [0.2, 0.25) is 0 Å². The molecule has 0 aliphatic heterocycles. The summed E-state index contributed by atoms with van der Waals surface area (Å²) in [5, 5.41) is 9.96. The summed E-state index contributed by atoms with van der Waals surface area (Å²) < 4.78 is 15.8. The molecule has 0 saturated heterocycles. The molecule has 1 aromatic carbocycles. The van der Waals surface area contributed by atoms with Gasteiger partial charge in [-0.1, -0.05) is 17.2 Å². The third kappa shape index (κ3) is 3.32. The minimum Gasteiger partial charge on any atom is -0.484 e. The van der Waals surface area contributed by atoms with Crippen molar-refractivity contribution in [1.82, 2.24) is 10.2 Å². The topological polar surface area (TPSA) is 90.4 Å². The summed E-state index contributed by atoms with van der Waals surface area (Å²) in [5.74, 6) is 0.858. The molecule has 0 saturated carbocycles. The molecular formula is C15H13N3O4. The highest BCUT2D eigenvalue weighted by Crippen LogP contribution is 2.19. The first-order valence-corrected chi connectivity index (χ1v) is 6.57. The van der Waals surface area contributed by atoms with Crippen LogP contribution in [-0.4, -0.2) is 22.7 Å². The van der Waals surface area contributed by atoms with E-state index in [2.05, 4.69) is 15.5 Å². The summed E-state index contributed by atoms with van der Waals surface area (Å²) in [6, 6.07) is 10.8. The number of hydrogen-bond acceptors (Lipinski definition) is 6. The van der Waals surface area contributed by atoms with Gasteiger partial charge in [-0.05, 0) is 36.8 Å². The third-order valence-electron chi connectivity index (χ3n) is 2.76. The first-order valence-electron chi connectivity index (χ1n) is 6.57. The minimum absolute atomic E-state index is 0.00996. The zero-order chi connectivity index (χ0) is 15.4. The fourth-order valence-electron chi connectivity index (χ4n) is 1.78. The number of nitrogens with one attached hydrogen (secondary N) is 1. The van der Waals surface area contributed by atoms with Gasteiger partial charge in [-0.3, -0.25) is 10.1 Å². The molecule has 2 heterocycles. The molecule has 3 rings (SSSR count). The Balaban J connectivity index is 1.56. The number of ether oxygens (including phenoxy) is 1. The van der Waals surface area contributed by atoms with Crippen molar-refractivity contribution in [3.05, 3.63) is 48.2 Å². The van der Waals surface area contributed by atoms with E-state index in [1.54, 1.807) is 18.2 Å². The van der Waals surface area contributed by atoms with E-state index in [0.29, 0.717) is 11.5 Å². The van der Waals surface area contributed by atoms with E-state index >= 15 is 0 Å². The molecule has 7 heteroatoms. The Morgan fingerprint density at radius 1 is 1.27 bits per heavy atom. The van der Waals surface area contributed by atoms with E-state index in [1.807, 2.05) is 25.1 Å². The lowest BCUT2D eigenvalue weighted by molar-refractivity contribution is -0.118. The molecule has 0 radical (unpaired) electrons. The van der Waals surface area contributed by atoms with Crippen molar-refractivity contribution in [3.63, 3.8) is 0 Å². The van der Waals surface area contributed by atoms with Crippen LogP contribution in [-0.2, 0) is 4.79 Å². The number of rotatable bonds is 5.